The van der Waals surface area contributed by atoms with E-state index in [0.29, 0.717) is 12.1 Å². The lowest BCUT2D eigenvalue weighted by Gasteiger charge is -2.27. The highest BCUT2D eigenvalue weighted by atomic mass is 16.1. The summed E-state index contributed by atoms with van der Waals surface area (Å²) < 4.78 is 2.03. The van der Waals surface area contributed by atoms with Gasteiger partial charge in [0.15, 0.2) is 0 Å². The third-order valence-electron chi connectivity index (χ3n) is 4.41. The second-order valence-electron chi connectivity index (χ2n) is 5.88. The molecule has 0 spiro atoms. The Hall–Kier alpha value is -1.36. The van der Waals surface area contributed by atoms with E-state index in [1.54, 1.807) is 0 Å². The highest BCUT2D eigenvalue weighted by molar-refractivity contribution is 5.76. The number of aromatic nitrogens is 2. The van der Waals surface area contributed by atoms with Crippen molar-refractivity contribution in [1.82, 2.24) is 15.1 Å². The lowest BCUT2D eigenvalue weighted by atomic mass is 9.85. The van der Waals surface area contributed by atoms with Gasteiger partial charge in [0, 0.05) is 30.7 Å². The van der Waals surface area contributed by atoms with E-state index in [-0.39, 0.29) is 11.8 Å². The van der Waals surface area contributed by atoms with E-state index in [1.165, 1.54) is 0 Å². The van der Waals surface area contributed by atoms with Gasteiger partial charge in [0.25, 0.3) is 0 Å². The summed E-state index contributed by atoms with van der Waals surface area (Å²) in [5, 5.41) is 8.13. The molecule has 112 valence electrons. The standard InChI is InChI=1S/C15H26N4O/c1-3-11(2)19-9-8-14(18-19)10-17-13-6-4-12(5-7-13)15(16)20/h8-9,11-13,17H,3-7,10H2,1-2H3,(H2,16,20). The summed E-state index contributed by atoms with van der Waals surface area (Å²) in [4.78, 5) is 11.1. The molecule has 1 atom stereocenters. The fourth-order valence-corrected chi connectivity index (χ4v) is 2.74. The van der Waals surface area contributed by atoms with Crippen LogP contribution in [-0.2, 0) is 11.3 Å². The van der Waals surface area contributed by atoms with E-state index >= 15 is 0 Å². The van der Waals surface area contributed by atoms with Crippen LogP contribution in [-0.4, -0.2) is 21.7 Å². The highest BCUT2D eigenvalue weighted by Gasteiger charge is 2.24. The lowest BCUT2D eigenvalue weighted by molar-refractivity contribution is -0.122. The average Bonchev–Trinajstić information content (AvgIpc) is 2.93. The molecule has 1 saturated carbocycles. The van der Waals surface area contributed by atoms with E-state index in [2.05, 4.69) is 36.5 Å². The monoisotopic (exact) mass is 278 g/mol. The number of primary amides is 1. The van der Waals surface area contributed by atoms with E-state index < -0.39 is 0 Å². The summed E-state index contributed by atoms with van der Waals surface area (Å²) in [6.07, 6.45) is 7.02. The van der Waals surface area contributed by atoms with Crippen LogP contribution in [0.15, 0.2) is 12.3 Å². The Bertz CT molecular complexity index is 435. The van der Waals surface area contributed by atoms with Crippen LogP contribution < -0.4 is 11.1 Å². The zero-order valence-electron chi connectivity index (χ0n) is 12.5. The minimum absolute atomic E-state index is 0.0812. The molecule has 0 aromatic carbocycles. The average molecular weight is 278 g/mol. The summed E-state index contributed by atoms with van der Waals surface area (Å²) in [6.45, 7) is 5.14. The summed E-state index contributed by atoms with van der Waals surface area (Å²) in [7, 11) is 0. The van der Waals surface area contributed by atoms with Crippen LogP contribution >= 0.6 is 0 Å². The third kappa shape index (κ3) is 3.82. The summed E-state index contributed by atoms with van der Waals surface area (Å²) in [5.74, 6) is -0.0617. The van der Waals surface area contributed by atoms with Gasteiger partial charge in [-0.15, -0.1) is 0 Å². The van der Waals surface area contributed by atoms with E-state index in [9.17, 15) is 4.79 Å². The van der Waals surface area contributed by atoms with Crippen LogP contribution in [0.5, 0.6) is 0 Å². The van der Waals surface area contributed by atoms with Gasteiger partial charge >= 0.3 is 0 Å². The molecule has 1 aromatic rings. The maximum absolute atomic E-state index is 11.1. The first-order valence-corrected chi connectivity index (χ1v) is 7.66. The molecule has 5 heteroatoms. The van der Waals surface area contributed by atoms with Crippen LogP contribution in [0.3, 0.4) is 0 Å². The Kier molecular flexibility index (Phi) is 5.17. The Morgan fingerprint density at radius 3 is 2.80 bits per heavy atom. The van der Waals surface area contributed by atoms with Gasteiger partial charge < -0.3 is 11.1 Å². The molecule has 1 aliphatic rings. The zero-order chi connectivity index (χ0) is 14.5. The minimum Gasteiger partial charge on any atom is -0.369 e. The predicted octanol–water partition coefficient (Wildman–Crippen LogP) is 1.99. The largest absolute Gasteiger partial charge is 0.369 e. The molecule has 2 rings (SSSR count). The van der Waals surface area contributed by atoms with Gasteiger partial charge in [-0.3, -0.25) is 9.48 Å². The smallest absolute Gasteiger partial charge is 0.220 e. The normalized spacial score (nSPS) is 24.5. The SMILES string of the molecule is CCC(C)n1ccc(CNC2CCC(C(N)=O)CC2)n1. The molecular weight excluding hydrogens is 252 g/mol. The summed E-state index contributed by atoms with van der Waals surface area (Å²) in [6, 6.07) is 3.02. The Morgan fingerprint density at radius 2 is 2.20 bits per heavy atom. The number of carbonyl (C=O) groups excluding carboxylic acids is 1. The van der Waals surface area contributed by atoms with Crippen molar-refractivity contribution < 1.29 is 4.79 Å². The number of nitrogens with one attached hydrogen (secondary N) is 1. The molecule has 0 aliphatic heterocycles. The van der Waals surface area contributed by atoms with E-state index in [4.69, 9.17) is 5.73 Å². The van der Waals surface area contributed by atoms with Gasteiger partial charge in [-0.05, 0) is 45.1 Å². The molecule has 1 aliphatic carbocycles. The molecule has 0 radical (unpaired) electrons. The minimum atomic E-state index is -0.143. The highest BCUT2D eigenvalue weighted by Crippen LogP contribution is 2.24. The molecule has 20 heavy (non-hydrogen) atoms. The number of nitrogens with two attached hydrogens (primary N) is 1. The van der Waals surface area contributed by atoms with Crippen molar-refractivity contribution in [2.24, 2.45) is 11.7 Å². The number of carbonyl (C=O) groups is 1. The van der Waals surface area contributed by atoms with Gasteiger partial charge in [0.2, 0.25) is 5.91 Å². The second-order valence-corrected chi connectivity index (χ2v) is 5.88. The fraction of sp³-hybridized carbons (Fsp3) is 0.733. The number of rotatable bonds is 6. The van der Waals surface area contributed by atoms with Crippen LogP contribution in [0.1, 0.15) is 57.7 Å². The van der Waals surface area contributed by atoms with Gasteiger partial charge in [0.1, 0.15) is 0 Å². The molecule has 3 N–H and O–H groups in total. The maximum Gasteiger partial charge on any atom is 0.220 e. The van der Waals surface area contributed by atoms with Crippen LogP contribution in [0, 0.1) is 5.92 Å². The van der Waals surface area contributed by atoms with Crippen molar-refractivity contribution in [2.45, 2.75) is 64.6 Å². The zero-order valence-corrected chi connectivity index (χ0v) is 12.5. The summed E-state index contributed by atoms with van der Waals surface area (Å²) in [5.41, 5.74) is 6.44. The van der Waals surface area contributed by atoms with E-state index in [0.717, 1.165) is 44.3 Å². The topological polar surface area (TPSA) is 72.9 Å². The van der Waals surface area contributed by atoms with Crippen molar-refractivity contribution in [3.05, 3.63) is 18.0 Å². The molecule has 5 nitrogen and oxygen atoms in total. The maximum atomic E-state index is 11.1. The molecule has 1 fully saturated rings. The van der Waals surface area contributed by atoms with Crippen molar-refractivity contribution in [3.8, 4) is 0 Å². The predicted molar refractivity (Wildman–Crippen MR) is 79.0 cm³/mol. The van der Waals surface area contributed by atoms with E-state index in [1.807, 2.05) is 4.68 Å². The first-order valence-electron chi connectivity index (χ1n) is 7.66. The van der Waals surface area contributed by atoms with Crippen LogP contribution in [0.25, 0.3) is 0 Å². The molecule has 1 heterocycles. The Balaban J connectivity index is 1.76. The van der Waals surface area contributed by atoms with Crippen LogP contribution in [0.4, 0.5) is 0 Å². The fourth-order valence-electron chi connectivity index (χ4n) is 2.74. The Labute approximate surface area is 120 Å². The number of hydrogen-bond donors (Lipinski definition) is 2. The lowest BCUT2D eigenvalue weighted by Crippen LogP contribution is -2.36. The Morgan fingerprint density at radius 1 is 1.50 bits per heavy atom. The molecule has 1 aromatic heterocycles. The summed E-state index contributed by atoms with van der Waals surface area (Å²) >= 11 is 0. The van der Waals surface area contributed by atoms with Gasteiger partial charge in [-0.25, -0.2) is 0 Å². The van der Waals surface area contributed by atoms with Crippen LogP contribution in [0.2, 0.25) is 0 Å². The number of amides is 1. The van der Waals surface area contributed by atoms with Gasteiger partial charge in [-0.2, -0.15) is 5.10 Å². The number of nitrogens with zero attached hydrogens (tertiary/aromatic N) is 2. The van der Waals surface area contributed by atoms with Crippen molar-refractivity contribution in [2.75, 3.05) is 0 Å². The van der Waals surface area contributed by atoms with Crippen molar-refractivity contribution >= 4 is 5.91 Å². The molecule has 1 unspecified atom stereocenters. The van der Waals surface area contributed by atoms with Gasteiger partial charge in [-0.1, -0.05) is 6.92 Å². The second kappa shape index (κ2) is 6.88. The first kappa shape index (κ1) is 15.0. The molecule has 0 bridgehead atoms. The number of hydrogen-bond acceptors (Lipinski definition) is 3. The first-order chi connectivity index (χ1) is 9.60. The third-order valence-corrected chi connectivity index (χ3v) is 4.41. The molecule has 1 amide bonds. The quantitative estimate of drug-likeness (QED) is 0.835. The molecular formula is C15H26N4O. The van der Waals surface area contributed by atoms with Crippen molar-refractivity contribution in [1.29, 1.82) is 0 Å². The molecule has 0 saturated heterocycles. The van der Waals surface area contributed by atoms with Crippen molar-refractivity contribution in [3.63, 3.8) is 0 Å². The van der Waals surface area contributed by atoms with Gasteiger partial charge in [0.05, 0.1) is 5.69 Å².